The van der Waals surface area contributed by atoms with Gasteiger partial charge in [-0.2, -0.15) is 0 Å². The molecule has 5 nitrogen and oxygen atoms in total. The van der Waals surface area contributed by atoms with E-state index in [2.05, 4.69) is 5.32 Å². The van der Waals surface area contributed by atoms with Crippen LogP contribution >= 0.6 is 0 Å². The van der Waals surface area contributed by atoms with Gasteiger partial charge in [0.25, 0.3) is 0 Å². The van der Waals surface area contributed by atoms with Crippen molar-refractivity contribution in [1.82, 2.24) is 10.8 Å². The third-order valence-corrected chi connectivity index (χ3v) is 3.28. The Kier molecular flexibility index (Phi) is 9.09. The van der Waals surface area contributed by atoms with Crippen LogP contribution in [-0.4, -0.2) is 23.6 Å². The molecule has 0 aromatic heterocycles. The lowest BCUT2D eigenvalue weighted by atomic mass is 10.1. The van der Waals surface area contributed by atoms with Crippen molar-refractivity contribution in [3.8, 4) is 0 Å². The molecule has 0 fully saturated rings. The smallest absolute Gasteiger partial charge is 0.246 e. The van der Waals surface area contributed by atoms with Crippen molar-refractivity contribution in [1.29, 1.82) is 0 Å². The number of allylic oxidation sites excluding steroid dienone is 2. The summed E-state index contributed by atoms with van der Waals surface area (Å²) in [6.07, 6.45) is 8.21. The van der Waals surface area contributed by atoms with Gasteiger partial charge in [0, 0.05) is 18.5 Å². The van der Waals surface area contributed by atoms with E-state index < -0.39 is 0 Å². The van der Waals surface area contributed by atoms with E-state index in [1.165, 1.54) is 0 Å². The van der Waals surface area contributed by atoms with Gasteiger partial charge in [0.1, 0.15) is 0 Å². The van der Waals surface area contributed by atoms with Crippen LogP contribution in [0.5, 0.6) is 0 Å². The van der Waals surface area contributed by atoms with Crippen LogP contribution in [0.15, 0.2) is 48.1 Å². The third-order valence-electron chi connectivity index (χ3n) is 3.28. The van der Waals surface area contributed by atoms with Crippen molar-refractivity contribution >= 4 is 17.9 Å². The minimum absolute atomic E-state index is 0.0872. The molecule has 0 saturated carbocycles. The first-order valence-electron chi connectivity index (χ1n) is 7.74. The van der Waals surface area contributed by atoms with Crippen molar-refractivity contribution in [2.75, 3.05) is 6.54 Å². The third kappa shape index (κ3) is 8.58. The summed E-state index contributed by atoms with van der Waals surface area (Å²) in [4.78, 5) is 22.7. The maximum Gasteiger partial charge on any atom is 0.246 e. The number of rotatable bonds is 9. The van der Waals surface area contributed by atoms with Gasteiger partial charge in [0.2, 0.25) is 11.8 Å². The molecule has 3 N–H and O–H groups in total. The van der Waals surface area contributed by atoms with E-state index >= 15 is 0 Å². The van der Waals surface area contributed by atoms with E-state index in [1.54, 1.807) is 18.5 Å². The highest BCUT2D eigenvalue weighted by Crippen LogP contribution is 2.03. The van der Waals surface area contributed by atoms with E-state index in [4.69, 9.17) is 5.21 Å². The minimum atomic E-state index is -0.377. The zero-order valence-electron chi connectivity index (χ0n) is 13.4. The highest BCUT2D eigenvalue weighted by Gasteiger charge is 2.02. The fourth-order valence-corrected chi connectivity index (χ4v) is 1.93. The zero-order valence-corrected chi connectivity index (χ0v) is 13.4. The van der Waals surface area contributed by atoms with Crippen molar-refractivity contribution in [2.45, 2.75) is 32.6 Å². The highest BCUT2D eigenvalue weighted by atomic mass is 16.5. The van der Waals surface area contributed by atoms with E-state index in [9.17, 15) is 9.59 Å². The fraction of sp³-hybridized carbons (Fsp3) is 0.333. The van der Waals surface area contributed by atoms with Crippen LogP contribution in [0.25, 0.3) is 6.08 Å². The normalized spacial score (nSPS) is 11.5. The van der Waals surface area contributed by atoms with E-state index in [-0.39, 0.29) is 11.8 Å². The van der Waals surface area contributed by atoms with Crippen molar-refractivity contribution in [3.05, 3.63) is 53.6 Å². The zero-order chi connectivity index (χ0) is 16.9. The van der Waals surface area contributed by atoms with Gasteiger partial charge in [-0.25, -0.2) is 5.48 Å². The summed E-state index contributed by atoms with van der Waals surface area (Å²) in [5, 5.41) is 11.2. The maximum absolute atomic E-state index is 11.9. The molecule has 0 aliphatic carbocycles. The van der Waals surface area contributed by atoms with E-state index in [0.29, 0.717) is 25.0 Å². The molecule has 2 amide bonds. The van der Waals surface area contributed by atoms with Crippen molar-refractivity contribution < 1.29 is 14.8 Å². The second kappa shape index (κ2) is 11.2. The summed E-state index contributed by atoms with van der Waals surface area (Å²) in [6.45, 7) is 2.35. The molecule has 0 unspecified atom stereocenters. The minimum Gasteiger partial charge on any atom is -0.352 e. The molecular formula is C18H24N2O3. The Hall–Kier alpha value is -2.40. The van der Waals surface area contributed by atoms with Crippen molar-refractivity contribution in [3.63, 3.8) is 0 Å². The molecule has 1 rings (SSSR count). The van der Waals surface area contributed by atoms with Crippen LogP contribution in [0.4, 0.5) is 0 Å². The molecule has 0 bridgehead atoms. The first-order valence-corrected chi connectivity index (χ1v) is 7.74. The first-order chi connectivity index (χ1) is 11.1. The van der Waals surface area contributed by atoms with Gasteiger partial charge in [-0.1, -0.05) is 55.0 Å². The highest BCUT2D eigenvalue weighted by molar-refractivity contribution is 5.93. The predicted molar refractivity (Wildman–Crippen MR) is 90.6 cm³/mol. The molecule has 5 heteroatoms. The SMILES string of the molecule is C/C(=C\C=C\c1ccccc1)C(=O)NCCCCCC(=O)NO. The van der Waals surface area contributed by atoms with Gasteiger partial charge in [-0.3, -0.25) is 14.8 Å². The number of nitrogens with one attached hydrogen (secondary N) is 2. The standard InChI is InChI=1S/C18H24N2O3/c1-15(9-8-12-16-10-4-2-5-11-16)18(22)19-14-7-3-6-13-17(21)20-23/h2,4-5,8-12,23H,3,6-7,13-14H2,1H3,(H,19,22)(H,20,21)/b12-8+,15-9+. The largest absolute Gasteiger partial charge is 0.352 e. The molecule has 0 aliphatic heterocycles. The summed E-state index contributed by atoms with van der Waals surface area (Å²) in [6, 6.07) is 9.88. The monoisotopic (exact) mass is 316 g/mol. The molecule has 0 heterocycles. The fourth-order valence-electron chi connectivity index (χ4n) is 1.93. The van der Waals surface area contributed by atoms with E-state index in [0.717, 1.165) is 18.4 Å². The van der Waals surface area contributed by atoms with Crippen LogP contribution in [0.1, 0.15) is 38.2 Å². The summed E-state index contributed by atoms with van der Waals surface area (Å²) in [5.41, 5.74) is 3.33. The number of carbonyl (C=O) groups excluding carboxylic acids is 2. The number of hydrogen-bond donors (Lipinski definition) is 3. The summed E-state index contributed by atoms with van der Waals surface area (Å²) < 4.78 is 0. The first kappa shape index (κ1) is 18.6. The average Bonchev–Trinajstić information content (AvgIpc) is 2.58. The maximum atomic E-state index is 11.9. The average molecular weight is 316 g/mol. The molecule has 0 radical (unpaired) electrons. The van der Waals surface area contributed by atoms with Gasteiger partial charge in [0.15, 0.2) is 0 Å². The Labute approximate surface area is 137 Å². The van der Waals surface area contributed by atoms with Crippen LogP contribution in [0.3, 0.4) is 0 Å². The van der Waals surface area contributed by atoms with Crippen molar-refractivity contribution in [2.24, 2.45) is 0 Å². The number of amides is 2. The Morgan fingerprint density at radius 2 is 1.87 bits per heavy atom. The number of hydrogen-bond acceptors (Lipinski definition) is 3. The second-order valence-electron chi connectivity index (χ2n) is 5.22. The van der Waals surface area contributed by atoms with Gasteiger partial charge in [0.05, 0.1) is 0 Å². The molecule has 23 heavy (non-hydrogen) atoms. The quantitative estimate of drug-likeness (QED) is 0.215. The van der Waals surface area contributed by atoms with Gasteiger partial charge in [-0.05, 0) is 25.3 Å². The van der Waals surface area contributed by atoms with Crippen LogP contribution in [-0.2, 0) is 9.59 Å². The lowest BCUT2D eigenvalue weighted by Crippen LogP contribution is -2.25. The summed E-state index contributed by atoms with van der Waals surface area (Å²) in [7, 11) is 0. The lowest BCUT2D eigenvalue weighted by Gasteiger charge is -2.04. The summed E-state index contributed by atoms with van der Waals surface area (Å²) >= 11 is 0. The van der Waals surface area contributed by atoms with Gasteiger partial charge < -0.3 is 5.32 Å². The van der Waals surface area contributed by atoms with Crippen LogP contribution in [0.2, 0.25) is 0 Å². The number of unbranched alkanes of at least 4 members (excludes halogenated alkanes) is 2. The molecular weight excluding hydrogens is 292 g/mol. The van der Waals surface area contributed by atoms with Crippen LogP contribution < -0.4 is 10.8 Å². The summed E-state index contributed by atoms with van der Waals surface area (Å²) in [5.74, 6) is -0.464. The topological polar surface area (TPSA) is 78.4 Å². The second-order valence-corrected chi connectivity index (χ2v) is 5.22. The van der Waals surface area contributed by atoms with E-state index in [1.807, 2.05) is 42.5 Å². The number of hydroxylamine groups is 1. The van der Waals surface area contributed by atoms with Crippen LogP contribution in [0, 0.1) is 0 Å². The Bertz CT molecular complexity index is 551. The predicted octanol–water partition coefficient (Wildman–Crippen LogP) is 2.83. The molecule has 1 aromatic carbocycles. The van der Waals surface area contributed by atoms with Gasteiger partial charge >= 0.3 is 0 Å². The molecule has 0 spiro atoms. The molecule has 0 saturated heterocycles. The Balaban J connectivity index is 2.22. The Morgan fingerprint density at radius 3 is 2.57 bits per heavy atom. The molecule has 1 aromatic rings. The lowest BCUT2D eigenvalue weighted by molar-refractivity contribution is -0.129. The molecule has 0 aliphatic rings. The molecule has 124 valence electrons. The molecule has 0 atom stereocenters. The van der Waals surface area contributed by atoms with Gasteiger partial charge in [-0.15, -0.1) is 0 Å². The number of benzene rings is 1. The Morgan fingerprint density at radius 1 is 1.13 bits per heavy atom. The number of carbonyl (C=O) groups is 2.